The first kappa shape index (κ1) is 16.3. The van der Waals surface area contributed by atoms with Crippen molar-refractivity contribution in [2.75, 3.05) is 5.32 Å². The molecule has 0 aliphatic heterocycles. The van der Waals surface area contributed by atoms with Crippen LogP contribution in [0.25, 0.3) is 0 Å². The van der Waals surface area contributed by atoms with Crippen molar-refractivity contribution in [1.82, 2.24) is 0 Å². The van der Waals surface area contributed by atoms with Gasteiger partial charge in [0.1, 0.15) is 0 Å². The van der Waals surface area contributed by atoms with E-state index in [1.165, 1.54) is 12.1 Å². The summed E-state index contributed by atoms with van der Waals surface area (Å²) in [4.78, 5) is 0.0751. The molecular weight excluding hydrogens is 284 g/mol. The second-order valence-corrected chi connectivity index (χ2v) is 6.57. The van der Waals surface area contributed by atoms with Gasteiger partial charge in [0.15, 0.2) is 0 Å². The Hall–Kier alpha value is -0.780. The third-order valence-corrected chi connectivity index (χ3v) is 4.14. The number of halogens is 1. The number of nitrogens with two attached hydrogens (primary N) is 1. The van der Waals surface area contributed by atoms with Crippen molar-refractivity contribution in [2.45, 2.75) is 50.5 Å². The van der Waals surface area contributed by atoms with Crippen LogP contribution in [-0.4, -0.2) is 14.5 Å². The van der Waals surface area contributed by atoms with Crippen LogP contribution in [0.2, 0.25) is 5.02 Å². The molecule has 1 aromatic rings. The molecule has 19 heavy (non-hydrogen) atoms. The van der Waals surface area contributed by atoms with E-state index in [-0.39, 0.29) is 4.90 Å². The molecule has 0 atom stereocenters. The van der Waals surface area contributed by atoms with Crippen LogP contribution < -0.4 is 10.5 Å². The lowest BCUT2D eigenvalue weighted by molar-refractivity contribution is 0.585. The molecule has 0 saturated heterocycles. The van der Waals surface area contributed by atoms with E-state index in [1.807, 2.05) is 0 Å². The molecule has 1 rings (SSSR count). The minimum atomic E-state index is -3.70. The zero-order valence-corrected chi connectivity index (χ0v) is 12.9. The first-order valence-corrected chi connectivity index (χ1v) is 8.39. The van der Waals surface area contributed by atoms with Crippen molar-refractivity contribution in [2.24, 2.45) is 5.14 Å². The van der Waals surface area contributed by atoms with Gasteiger partial charge in [-0.25, -0.2) is 13.6 Å². The molecule has 3 N–H and O–H groups in total. The lowest BCUT2D eigenvalue weighted by Gasteiger charge is -2.20. The fourth-order valence-corrected chi connectivity index (χ4v) is 2.71. The predicted molar refractivity (Wildman–Crippen MR) is 80.1 cm³/mol. The molecule has 0 saturated carbocycles. The summed E-state index contributed by atoms with van der Waals surface area (Å²) in [7, 11) is -3.70. The number of sulfonamides is 1. The lowest BCUT2D eigenvalue weighted by Crippen LogP contribution is -2.20. The van der Waals surface area contributed by atoms with Gasteiger partial charge >= 0.3 is 0 Å². The Morgan fingerprint density at radius 1 is 1.26 bits per heavy atom. The van der Waals surface area contributed by atoms with Gasteiger partial charge in [-0.05, 0) is 31.0 Å². The molecule has 0 aliphatic carbocycles. The van der Waals surface area contributed by atoms with Crippen molar-refractivity contribution < 1.29 is 8.42 Å². The number of benzene rings is 1. The smallest absolute Gasteiger partial charge is 0.238 e. The Labute approximate surface area is 120 Å². The maximum Gasteiger partial charge on any atom is 0.238 e. The van der Waals surface area contributed by atoms with Crippen molar-refractivity contribution in [3.8, 4) is 0 Å². The molecule has 0 unspecified atom stereocenters. The Kier molecular flexibility index (Phi) is 6.10. The summed E-state index contributed by atoms with van der Waals surface area (Å²) in [5.74, 6) is 0. The van der Waals surface area contributed by atoms with E-state index >= 15 is 0 Å². The number of nitrogens with one attached hydrogen (secondary N) is 1. The van der Waals surface area contributed by atoms with Crippen LogP contribution in [-0.2, 0) is 10.0 Å². The summed E-state index contributed by atoms with van der Waals surface area (Å²) in [5.41, 5.74) is 0.625. The van der Waals surface area contributed by atoms with Crippen LogP contribution in [0.1, 0.15) is 39.5 Å². The topological polar surface area (TPSA) is 72.2 Å². The number of hydrogen-bond donors (Lipinski definition) is 2. The SMILES string of the molecule is CCCC(CCC)Nc1cc(S(N)(=O)=O)ccc1Cl. The van der Waals surface area contributed by atoms with Crippen molar-refractivity contribution in [1.29, 1.82) is 0 Å². The fraction of sp³-hybridized carbons (Fsp3) is 0.538. The van der Waals surface area contributed by atoms with E-state index in [2.05, 4.69) is 19.2 Å². The summed E-state index contributed by atoms with van der Waals surface area (Å²) in [5, 5.41) is 8.94. The highest BCUT2D eigenvalue weighted by atomic mass is 35.5. The van der Waals surface area contributed by atoms with E-state index in [9.17, 15) is 8.42 Å². The van der Waals surface area contributed by atoms with Crippen LogP contribution in [0.15, 0.2) is 23.1 Å². The molecule has 6 heteroatoms. The van der Waals surface area contributed by atoms with Crippen molar-refractivity contribution in [3.63, 3.8) is 0 Å². The maximum absolute atomic E-state index is 11.3. The molecule has 0 aromatic heterocycles. The van der Waals surface area contributed by atoms with Gasteiger partial charge in [0.05, 0.1) is 15.6 Å². The van der Waals surface area contributed by atoms with E-state index in [0.717, 1.165) is 25.7 Å². The molecule has 0 aliphatic rings. The van der Waals surface area contributed by atoms with Crippen molar-refractivity contribution >= 4 is 27.3 Å². The number of primary sulfonamides is 1. The highest BCUT2D eigenvalue weighted by Gasteiger charge is 2.13. The molecule has 0 heterocycles. The summed E-state index contributed by atoms with van der Waals surface area (Å²) in [6.45, 7) is 4.24. The number of anilines is 1. The molecule has 0 spiro atoms. The van der Waals surface area contributed by atoms with Gasteiger partial charge in [-0.2, -0.15) is 0 Å². The molecule has 0 fully saturated rings. The third-order valence-electron chi connectivity index (χ3n) is 2.90. The van der Waals surface area contributed by atoms with E-state index in [0.29, 0.717) is 16.8 Å². The van der Waals surface area contributed by atoms with E-state index in [1.54, 1.807) is 6.07 Å². The van der Waals surface area contributed by atoms with Crippen LogP contribution in [0.3, 0.4) is 0 Å². The van der Waals surface area contributed by atoms with Gasteiger partial charge in [0, 0.05) is 6.04 Å². The second-order valence-electron chi connectivity index (χ2n) is 4.61. The van der Waals surface area contributed by atoms with Gasteiger partial charge in [0.25, 0.3) is 0 Å². The fourth-order valence-electron chi connectivity index (χ4n) is 2.00. The van der Waals surface area contributed by atoms with Crippen LogP contribution >= 0.6 is 11.6 Å². The van der Waals surface area contributed by atoms with Crippen molar-refractivity contribution in [3.05, 3.63) is 23.2 Å². The second kappa shape index (κ2) is 7.12. The Morgan fingerprint density at radius 2 is 1.84 bits per heavy atom. The van der Waals surface area contributed by atoms with Crippen LogP contribution in [0, 0.1) is 0 Å². The maximum atomic E-state index is 11.3. The molecule has 0 radical (unpaired) electrons. The molecule has 108 valence electrons. The average Bonchev–Trinajstić information content (AvgIpc) is 2.31. The standard InChI is InChI=1S/C13H21ClN2O2S/c1-3-5-10(6-4-2)16-13-9-11(19(15,17)18)7-8-12(13)14/h7-10,16H,3-6H2,1-2H3,(H2,15,17,18). The monoisotopic (exact) mass is 304 g/mol. The zero-order valence-electron chi connectivity index (χ0n) is 11.3. The minimum absolute atomic E-state index is 0.0751. The average molecular weight is 305 g/mol. The number of rotatable bonds is 7. The van der Waals surface area contributed by atoms with Gasteiger partial charge < -0.3 is 5.32 Å². The van der Waals surface area contributed by atoms with E-state index in [4.69, 9.17) is 16.7 Å². The van der Waals surface area contributed by atoms with Gasteiger partial charge in [-0.15, -0.1) is 0 Å². The largest absolute Gasteiger partial charge is 0.381 e. The highest BCUT2D eigenvalue weighted by molar-refractivity contribution is 7.89. The molecule has 1 aromatic carbocycles. The molecule has 0 bridgehead atoms. The van der Waals surface area contributed by atoms with Gasteiger partial charge in [0.2, 0.25) is 10.0 Å². The summed E-state index contributed by atoms with van der Waals surface area (Å²) >= 11 is 6.09. The normalized spacial score (nSPS) is 11.8. The molecule has 4 nitrogen and oxygen atoms in total. The quantitative estimate of drug-likeness (QED) is 0.811. The number of hydrogen-bond acceptors (Lipinski definition) is 3. The zero-order chi connectivity index (χ0) is 14.5. The van der Waals surface area contributed by atoms with E-state index < -0.39 is 10.0 Å². The van der Waals surface area contributed by atoms with Gasteiger partial charge in [-0.3, -0.25) is 0 Å². The third kappa shape index (κ3) is 5.01. The first-order chi connectivity index (χ1) is 8.88. The summed E-state index contributed by atoms with van der Waals surface area (Å²) < 4.78 is 22.7. The summed E-state index contributed by atoms with van der Waals surface area (Å²) in [6.07, 6.45) is 4.15. The lowest BCUT2D eigenvalue weighted by atomic mass is 10.1. The Balaban J connectivity index is 2.98. The first-order valence-electron chi connectivity index (χ1n) is 6.47. The van der Waals surface area contributed by atoms with Crippen LogP contribution in [0.5, 0.6) is 0 Å². The van der Waals surface area contributed by atoms with Gasteiger partial charge in [-0.1, -0.05) is 38.3 Å². The minimum Gasteiger partial charge on any atom is -0.381 e. The molecule has 0 amide bonds. The molecular formula is C13H21ClN2O2S. The van der Waals surface area contributed by atoms with Crippen LogP contribution in [0.4, 0.5) is 5.69 Å². The Bertz CT molecular complexity index is 511. The highest BCUT2D eigenvalue weighted by Crippen LogP contribution is 2.26. The summed E-state index contributed by atoms with van der Waals surface area (Å²) in [6, 6.07) is 4.76. The predicted octanol–water partition coefficient (Wildman–Crippen LogP) is 3.37. The Morgan fingerprint density at radius 3 is 2.32 bits per heavy atom.